The summed E-state index contributed by atoms with van der Waals surface area (Å²) in [7, 11) is 0. The maximum absolute atomic E-state index is 12.2. The van der Waals surface area contributed by atoms with Crippen LogP contribution in [0.15, 0.2) is 0 Å². The van der Waals surface area contributed by atoms with Crippen LogP contribution in [0.1, 0.15) is 141 Å². The van der Waals surface area contributed by atoms with Crippen molar-refractivity contribution in [3.8, 4) is 11.5 Å². The van der Waals surface area contributed by atoms with Gasteiger partial charge >= 0.3 is 5.97 Å². The Bertz CT molecular complexity index is 840. The van der Waals surface area contributed by atoms with Crippen LogP contribution in [0, 0.1) is 38.5 Å². The lowest BCUT2D eigenvalue weighted by molar-refractivity contribution is -0.134. The zero-order valence-corrected chi connectivity index (χ0v) is 25.1. The summed E-state index contributed by atoms with van der Waals surface area (Å²) in [5.41, 5.74) is 4.35. The van der Waals surface area contributed by atoms with Crippen molar-refractivity contribution in [2.75, 3.05) is 0 Å². The average Bonchev–Trinajstić information content (AvgIpc) is 2.80. The van der Waals surface area contributed by atoms with Gasteiger partial charge in [-0.3, -0.25) is 4.79 Å². The third kappa shape index (κ3) is 9.10. The van der Waals surface area contributed by atoms with Gasteiger partial charge in [0.2, 0.25) is 0 Å². The Morgan fingerprint density at radius 3 is 2.06 bits per heavy atom. The number of hydrogen-bond donors (Lipinski definition) is 0. The largest absolute Gasteiger partial charge is 0.487 e. The van der Waals surface area contributed by atoms with E-state index in [9.17, 15) is 4.79 Å². The van der Waals surface area contributed by atoms with Crippen LogP contribution in [0.3, 0.4) is 0 Å². The molecule has 1 aromatic rings. The predicted molar refractivity (Wildman–Crippen MR) is 153 cm³/mol. The highest BCUT2D eigenvalue weighted by molar-refractivity contribution is 5.74. The van der Waals surface area contributed by atoms with E-state index in [0.717, 1.165) is 71.6 Å². The SMILES string of the molecule is CCCC(=O)Oc1c(C)c(C)c2c(c1C)CCC(C)(CCCC(C)CCCC(C)CCCC(C)C)O2. The second kappa shape index (κ2) is 14.4. The smallest absolute Gasteiger partial charge is 0.311 e. The van der Waals surface area contributed by atoms with Gasteiger partial charge in [0.1, 0.15) is 17.1 Å². The lowest BCUT2D eigenvalue weighted by atomic mass is 9.83. The van der Waals surface area contributed by atoms with Crippen LogP contribution in [-0.4, -0.2) is 11.6 Å². The fourth-order valence-electron chi connectivity index (χ4n) is 5.78. The standard InChI is InChI=1S/C33H56O3/c1-10-14-30(34)35-31-26(6)27(7)32-29(28(31)8)20-22-33(9,36-32)21-13-19-25(5)18-12-17-24(4)16-11-15-23(2)3/h23-25H,10-22H2,1-9H3. The van der Waals surface area contributed by atoms with E-state index in [0.29, 0.717) is 6.42 Å². The molecule has 1 heterocycles. The average molecular weight is 501 g/mol. The molecule has 0 fully saturated rings. The van der Waals surface area contributed by atoms with E-state index < -0.39 is 0 Å². The second-order valence-electron chi connectivity index (χ2n) is 12.6. The molecule has 1 aliphatic heterocycles. The van der Waals surface area contributed by atoms with Gasteiger partial charge in [0.05, 0.1) is 0 Å². The fraction of sp³-hybridized carbons (Fsp3) is 0.788. The van der Waals surface area contributed by atoms with Crippen molar-refractivity contribution in [3.05, 3.63) is 22.3 Å². The minimum Gasteiger partial charge on any atom is -0.487 e. The van der Waals surface area contributed by atoms with Gasteiger partial charge in [-0.25, -0.2) is 0 Å². The number of fused-ring (bicyclic) bond motifs is 1. The lowest BCUT2D eigenvalue weighted by Crippen LogP contribution is -2.37. The predicted octanol–water partition coefficient (Wildman–Crippen LogP) is 9.84. The molecule has 2 rings (SSSR count). The molecule has 0 saturated carbocycles. The van der Waals surface area contributed by atoms with Crippen molar-refractivity contribution in [3.63, 3.8) is 0 Å². The molecule has 0 spiro atoms. The normalized spacial score (nSPS) is 19.1. The van der Waals surface area contributed by atoms with Crippen LogP contribution in [0.4, 0.5) is 0 Å². The topological polar surface area (TPSA) is 35.5 Å². The Hall–Kier alpha value is -1.51. The Morgan fingerprint density at radius 2 is 1.47 bits per heavy atom. The molecule has 36 heavy (non-hydrogen) atoms. The van der Waals surface area contributed by atoms with E-state index in [2.05, 4.69) is 55.4 Å². The summed E-state index contributed by atoms with van der Waals surface area (Å²) in [5.74, 6) is 4.15. The van der Waals surface area contributed by atoms with E-state index in [-0.39, 0.29) is 11.6 Å². The molecule has 0 aliphatic carbocycles. The van der Waals surface area contributed by atoms with Crippen molar-refractivity contribution in [1.29, 1.82) is 0 Å². The van der Waals surface area contributed by atoms with Gasteiger partial charge in [0.25, 0.3) is 0 Å². The van der Waals surface area contributed by atoms with Crippen LogP contribution in [0.25, 0.3) is 0 Å². The van der Waals surface area contributed by atoms with Crippen molar-refractivity contribution in [1.82, 2.24) is 0 Å². The molecule has 3 heteroatoms. The lowest BCUT2D eigenvalue weighted by Gasteiger charge is -2.38. The summed E-state index contributed by atoms with van der Waals surface area (Å²) < 4.78 is 12.5. The molecule has 0 saturated heterocycles. The number of hydrogen-bond acceptors (Lipinski definition) is 3. The number of carbonyl (C=O) groups is 1. The molecule has 3 nitrogen and oxygen atoms in total. The van der Waals surface area contributed by atoms with Gasteiger partial charge in [0.15, 0.2) is 0 Å². The third-order valence-corrected chi connectivity index (χ3v) is 8.51. The van der Waals surface area contributed by atoms with Gasteiger partial charge in [0, 0.05) is 12.0 Å². The van der Waals surface area contributed by atoms with Gasteiger partial charge in [-0.2, -0.15) is 0 Å². The maximum Gasteiger partial charge on any atom is 0.311 e. The molecule has 3 atom stereocenters. The van der Waals surface area contributed by atoms with Crippen LogP contribution < -0.4 is 9.47 Å². The number of esters is 1. The molecule has 1 aromatic carbocycles. The Morgan fingerprint density at radius 1 is 0.889 bits per heavy atom. The summed E-state index contributed by atoms with van der Waals surface area (Å²) >= 11 is 0. The first-order chi connectivity index (χ1) is 17.0. The van der Waals surface area contributed by atoms with E-state index in [1.165, 1.54) is 56.9 Å². The van der Waals surface area contributed by atoms with Gasteiger partial charge in [-0.1, -0.05) is 79.6 Å². The first-order valence-corrected chi connectivity index (χ1v) is 15.0. The molecular formula is C33H56O3. The van der Waals surface area contributed by atoms with Crippen molar-refractivity contribution in [2.24, 2.45) is 17.8 Å². The number of ether oxygens (including phenoxy) is 2. The third-order valence-electron chi connectivity index (χ3n) is 8.51. The number of rotatable bonds is 15. The van der Waals surface area contributed by atoms with E-state index in [1.807, 2.05) is 6.92 Å². The summed E-state index contributed by atoms with van der Waals surface area (Å²) in [6.07, 6.45) is 15.1. The van der Waals surface area contributed by atoms with Crippen LogP contribution in [0.2, 0.25) is 0 Å². The highest BCUT2D eigenvalue weighted by Crippen LogP contribution is 2.45. The number of carbonyl (C=O) groups excluding carboxylic acids is 1. The summed E-state index contributed by atoms with van der Waals surface area (Å²) in [6, 6.07) is 0. The molecule has 3 unspecified atom stereocenters. The molecular weight excluding hydrogens is 444 g/mol. The van der Waals surface area contributed by atoms with Crippen LogP contribution >= 0.6 is 0 Å². The zero-order valence-electron chi connectivity index (χ0n) is 25.1. The second-order valence-corrected chi connectivity index (χ2v) is 12.6. The highest BCUT2D eigenvalue weighted by Gasteiger charge is 2.34. The van der Waals surface area contributed by atoms with Crippen molar-refractivity contribution < 1.29 is 14.3 Å². The maximum atomic E-state index is 12.2. The van der Waals surface area contributed by atoms with E-state index in [1.54, 1.807) is 0 Å². The van der Waals surface area contributed by atoms with E-state index >= 15 is 0 Å². The fourth-order valence-corrected chi connectivity index (χ4v) is 5.78. The van der Waals surface area contributed by atoms with Gasteiger partial charge in [-0.15, -0.1) is 0 Å². The minimum absolute atomic E-state index is 0.109. The van der Waals surface area contributed by atoms with Crippen LogP contribution in [-0.2, 0) is 11.2 Å². The van der Waals surface area contributed by atoms with Crippen LogP contribution in [0.5, 0.6) is 11.5 Å². The van der Waals surface area contributed by atoms with Gasteiger partial charge < -0.3 is 9.47 Å². The zero-order chi connectivity index (χ0) is 26.9. The molecule has 0 radical (unpaired) electrons. The summed E-state index contributed by atoms with van der Waals surface area (Å²) in [6.45, 7) is 20.1. The molecule has 0 bridgehead atoms. The first kappa shape index (κ1) is 30.7. The quantitative estimate of drug-likeness (QED) is 0.177. The Kier molecular flexibility index (Phi) is 12.3. The molecule has 206 valence electrons. The molecule has 0 amide bonds. The van der Waals surface area contributed by atoms with Gasteiger partial charge in [-0.05, 0) is 94.2 Å². The molecule has 0 N–H and O–H groups in total. The molecule has 1 aliphatic rings. The first-order valence-electron chi connectivity index (χ1n) is 15.0. The monoisotopic (exact) mass is 500 g/mol. The Balaban J connectivity index is 1.85. The highest BCUT2D eigenvalue weighted by atomic mass is 16.5. The van der Waals surface area contributed by atoms with Crippen molar-refractivity contribution in [2.45, 2.75) is 151 Å². The molecule has 0 aromatic heterocycles. The van der Waals surface area contributed by atoms with Crippen molar-refractivity contribution >= 4 is 5.97 Å². The summed E-state index contributed by atoms with van der Waals surface area (Å²) in [5, 5.41) is 0. The number of benzene rings is 1. The van der Waals surface area contributed by atoms with E-state index in [4.69, 9.17) is 9.47 Å². The summed E-state index contributed by atoms with van der Waals surface area (Å²) in [4.78, 5) is 12.2. The Labute approximate surface area is 223 Å². The minimum atomic E-state index is -0.140.